The van der Waals surface area contributed by atoms with Crippen molar-refractivity contribution in [3.8, 4) is 0 Å². The summed E-state index contributed by atoms with van der Waals surface area (Å²) in [4.78, 5) is 16.2. The smallest absolute Gasteiger partial charge is 0.191 e. The van der Waals surface area contributed by atoms with E-state index in [0.29, 0.717) is 12.5 Å². The molecule has 1 aromatic heterocycles. The summed E-state index contributed by atoms with van der Waals surface area (Å²) in [6, 6.07) is 4.24. The van der Waals surface area contributed by atoms with Crippen LogP contribution in [-0.4, -0.2) is 66.6 Å². The maximum absolute atomic E-state index is 6.16. The number of rotatable bonds is 4. The Labute approximate surface area is 174 Å². The molecule has 2 fully saturated rings. The number of aliphatic imine (C=N–C) groups is 1. The van der Waals surface area contributed by atoms with Gasteiger partial charge in [-0.05, 0) is 36.9 Å². The fraction of sp³-hybridized carbons (Fsp3) is 0.684. The van der Waals surface area contributed by atoms with Gasteiger partial charge in [-0.1, -0.05) is 19.9 Å². The fourth-order valence-electron chi connectivity index (χ4n) is 3.50. The zero-order chi connectivity index (χ0) is 17.6. The van der Waals surface area contributed by atoms with Crippen molar-refractivity contribution < 1.29 is 0 Å². The zero-order valence-corrected chi connectivity index (χ0v) is 18.4. The van der Waals surface area contributed by atoms with Crippen LogP contribution in [0.5, 0.6) is 0 Å². The Hall–Kier alpha value is -1.09. The van der Waals surface area contributed by atoms with Gasteiger partial charge >= 0.3 is 0 Å². The molecule has 0 spiro atoms. The van der Waals surface area contributed by atoms with E-state index in [0.717, 1.165) is 63.1 Å². The molecule has 0 radical (unpaired) electrons. The molecule has 0 aromatic carbocycles. The average molecular weight is 472 g/mol. The molecule has 0 unspecified atom stereocenters. The molecule has 0 saturated carbocycles. The second-order valence-electron chi connectivity index (χ2n) is 7.29. The molecule has 0 bridgehead atoms. The Morgan fingerprint density at radius 1 is 1.15 bits per heavy atom. The normalized spacial score (nSPS) is 20.2. The molecule has 1 aromatic rings. The lowest BCUT2D eigenvalue weighted by Crippen LogP contribution is -2.46. The molecule has 146 valence electrons. The molecule has 2 aliphatic rings. The standard InChI is InChI=1S/C19H32N6.HI/c1-3-23-10-12-24(13-11-23)18-5-4-17(14-21-18)15-22-19(20)25-8-6-16(2)7-9-25;/h4-5,14,16H,3,6-13,15H2,1-2H3,(H2,20,22);1H. The quantitative estimate of drug-likeness (QED) is 0.415. The summed E-state index contributed by atoms with van der Waals surface area (Å²) in [5.41, 5.74) is 7.27. The van der Waals surface area contributed by atoms with Gasteiger partial charge in [0, 0.05) is 45.5 Å². The monoisotopic (exact) mass is 472 g/mol. The number of anilines is 1. The highest BCUT2D eigenvalue weighted by Crippen LogP contribution is 2.16. The number of nitrogens with two attached hydrogens (primary N) is 1. The minimum Gasteiger partial charge on any atom is -0.370 e. The Morgan fingerprint density at radius 2 is 1.85 bits per heavy atom. The lowest BCUT2D eigenvalue weighted by atomic mass is 10.00. The third kappa shape index (κ3) is 5.70. The van der Waals surface area contributed by atoms with Crippen molar-refractivity contribution in [3.05, 3.63) is 23.9 Å². The molecule has 26 heavy (non-hydrogen) atoms. The van der Waals surface area contributed by atoms with Gasteiger partial charge in [-0.3, -0.25) is 0 Å². The summed E-state index contributed by atoms with van der Waals surface area (Å²) in [6.45, 7) is 12.7. The lowest BCUT2D eigenvalue weighted by Gasteiger charge is -2.34. The average Bonchev–Trinajstić information content (AvgIpc) is 2.67. The van der Waals surface area contributed by atoms with Crippen LogP contribution in [0.4, 0.5) is 5.82 Å². The SMILES string of the molecule is CCN1CCN(c2ccc(CN=C(N)N3CCC(C)CC3)cn2)CC1.I. The summed E-state index contributed by atoms with van der Waals surface area (Å²) in [7, 11) is 0. The molecule has 0 atom stereocenters. The van der Waals surface area contributed by atoms with E-state index in [1.807, 2.05) is 6.20 Å². The Balaban J connectivity index is 0.00000243. The van der Waals surface area contributed by atoms with Crippen LogP contribution in [0.3, 0.4) is 0 Å². The number of likely N-dealkylation sites (tertiary alicyclic amines) is 1. The fourth-order valence-corrected chi connectivity index (χ4v) is 3.50. The highest BCUT2D eigenvalue weighted by Gasteiger charge is 2.18. The largest absolute Gasteiger partial charge is 0.370 e. The molecular weight excluding hydrogens is 439 g/mol. The Kier molecular flexibility index (Phi) is 8.40. The van der Waals surface area contributed by atoms with E-state index in [-0.39, 0.29) is 24.0 Å². The maximum atomic E-state index is 6.16. The predicted molar refractivity (Wildman–Crippen MR) is 119 cm³/mol. The van der Waals surface area contributed by atoms with Gasteiger partial charge in [0.05, 0.1) is 6.54 Å². The molecule has 0 amide bonds. The first kappa shape index (κ1) is 21.2. The summed E-state index contributed by atoms with van der Waals surface area (Å²) < 4.78 is 0. The predicted octanol–water partition coefficient (Wildman–Crippen LogP) is 2.39. The minimum absolute atomic E-state index is 0. The van der Waals surface area contributed by atoms with Gasteiger partial charge in [0.15, 0.2) is 5.96 Å². The van der Waals surface area contributed by atoms with Crippen molar-refractivity contribution in [1.82, 2.24) is 14.8 Å². The molecule has 3 heterocycles. The van der Waals surface area contributed by atoms with Crippen LogP contribution in [0.15, 0.2) is 23.3 Å². The number of nitrogens with zero attached hydrogens (tertiary/aromatic N) is 5. The van der Waals surface area contributed by atoms with Gasteiger partial charge in [-0.15, -0.1) is 24.0 Å². The number of hydrogen-bond acceptors (Lipinski definition) is 4. The van der Waals surface area contributed by atoms with Gasteiger partial charge in [-0.25, -0.2) is 9.98 Å². The third-order valence-electron chi connectivity index (χ3n) is 5.48. The van der Waals surface area contributed by atoms with Crippen molar-refractivity contribution in [2.75, 3.05) is 50.7 Å². The van der Waals surface area contributed by atoms with Crippen molar-refractivity contribution in [1.29, 1.82) is 0 Å². The van der Waals surface area contributed by atoms with E-state index in [1.165, 1.54) is 12.8 Å². The molecule has 2 saturated heterocycles. The molecular formula is C19H33IN6. The van der Waals surface area contributed by atoms with Crippen molar-refractivity contribution >= 4 is 35.8 Å². The minimum atomic E-state index is 0. The van der Waals surface area contributed by atoms with Crippen molar-refractivity contribution in [2.24, 2.45) is 16.6 Å². The molecule has 7 heteroatoms. The number of halogens is 1. The summed E-state index contributed by atoms with van der Waals surface area (Å²) in [6.07, 6.45) is 4.35. The summed E-state index contributed by atoms with van der Waals surface area (Å²) >= 11 is 0. The Morgan fingerprint density at radius 3 is 2.42 bits per heavy atom. The first-order chi connectivity index (χ1) is 12.2. The van der Waals surface area contributed by atoms with Crippen LogP contribution in [0.2, 0.25) is 0 Å². The molecule has 3 rings (SSSR count). The Bertz CT molecular complexity index is 560. The van der Waals surface area contributed by atoms with Crippen molar-refractivity contribution in [3.63, 3.8) is 0 Å². The van der Waals surface area contributed by atoms with Crippen LogP contribution >= 0.6 is 24.0 Å². The van der Waals surface area contributed by atoms with E-state index >= 15 is 0 Å². The van der Waals surface area contributed by atoms with Gasteiger partial charge < -0.3 is 20.4 Å². The number of hydrogen-bond donors (Lipinski definition) is 1. The van der Waals surface area contributed by atoms with Crippen LogP contribution in [0, 0.1) is 5.92 Å². The third-order valence-corrected chi connectivity index (χ3v) is 5.48. The van der Waals surface area contributed by atoms with E-state index in [4.69, 9.17) is 5.73 Å². The van der Waals surface area contributed by atoms with E-state index in [1.54, 1.807) is 0 Å². The van der Waals surface area contributed by atoms with E-state index in [9.17, 15) is 0 Å². The highest BCUT2D eigenvalue weighted by molar-refractivity contribution is 14.0. The lowest BCUT2D eigenvalue weighted by molar-refractivity contribution is 0.270. The van der Waals surface area contributed by atoms with Crippen LogP contribution in [0.25, 0.3) is 0 Å². The number of piperazine rings is 1. The van der Waals surface area contributed by atoms with Gasteiger partial charge in [0.2, 0.25) is 0 Å². The van der Waals surface area contributed by atoms with Crippen LogP contribution in [-0.2, 0) is 6.54 Å². The highest BCUT2D eigenvalue weighted by atomic mass is 127. The second kappa shape index (κ2) is 10.3. The molecule has 2 aliphatic heterocycles. The number of aromatic nitrogens is 1. The topological polar surface area (TPSA) is 61.0 Å². The van der Waals surface area contributed by atoms with E-state index in [2.05, 4.69) is 50.7 Å². The first-order valence-electron chi connectivity index (χ1n) is 9.62. The van der Waals surface area contributed by atoms with E-state index < -0.39 is 0 Å². The molecule has 6 nitrogen and oxygen atoms in total. The number of piperidine rings is 1. The maximum Gasteiger partial charge on any atom is 0.191 e. The summed E-state index contributed by atoms with van der Waals surface area (Å²) in [5, 5.41) is 0. The molecule has 0 aliphatic carbocycles. The van der Waals surface area contributed by atoms with Gasteiger partial charge in [-0.2, -0.15) is 0 Å². The number of pyridine rings is 1. The second-order valence-corrected chi connectivity index (χ2v) is 7.29. The zero-order valence-electron chi connectivity index (χ0n) is 16.1. The van der Waals surface area contributed by atoms with Crippen molar-refractivity contribution in [2.45, 2.75) is 33.2 Å². The number of guanidine groups is 1. The van der Waals surface area contributed by atoms with Gasteiger partial charge in [0.1, 0.15) is 5.82 Å². The van der Waals surface area contributed by atoms with Gasteiger partial charge in [0.25, 0.3) is 0 Å². The molecule has 2 N–H and O–H groups in total. The summed E-state index contributed by atoms with van der Waals surface area (Å²) in [5.74, 6) is 2.55. The number of likely N-dealkylation sites (N-methyl/N-ethyl adjacent to an activating group) is 1. The van der Waals surface area contributed by atoms with Crippen LogP contribution in [0.1, 0.15) is 32.3 Å². The van der Waals surface area contributed by atoms with Crippen LogP contribution < -0.4 is 10.6 Å². The first-order valence-corrected chi connectivity index (χ1v) is 9.62.